The van der Waals surface area contributed by atoms with E-state index in [1.807, 2.05) is 6.07 Å². The van der Waals surface area contributed by atoms with Crippen molar-refractivity contribution >= 4 is 23.6 Å². The number of methoxy groups -OCH3 is 1. The molecule has 1 aromatic carbocycles. The van der Waals surface area contributed by atoms with Crippen molar-refractivity contribution in [1.82, 2.24) is 5.32 Å². The van der Waals surface area contributed by atoms with Crippen LogP contribution >= 0.6 is 11.6 Å². The van der Waals surface area contributed by atoms with Gasteiger partial charge in [-0.05, 0) is 42.5 Å². The quantitative estimate of drug-likeness (QED) is 0.563. The highest BCUT2D eigenvalue weighted by Gasteiger charge is 2.24. The molecule has 0 spiro atoms. The molecule has 0 bridgehead atoms. The van der Waals surface area contributed by atoms with Crippen molar-refractivity contribution in [3.63, 3.8) is 0 Å². The van der Waals surface area contributed by atoms with Crippen LogP contribution in [0.4, 0.5) is 8.78 Å². The summed E-state index contributed by atoms with van der Waals surface area (Å²) in [7, 11) is 1.28. The van der Waals surface area contributed by atoms with E-state index in [0.717, 1.165) is 25.7 Å². The largest absolute Gasteiger partial charge is 0.493 e. The van der Waals surface area contributed by atoms with Crippen molar-refractivity contribution in [2.45, 2.75) is 45.3 Å². The number of ether oxygens (including phenoxy) is 2. The third-order valence-electron chi connectivity index (χ3n) is 4.56. The van der Waals surface area contributed by atoms with Crippen LogP contribution in [0.5, 0.6) is 11.5 Å². The molecule has 0 aromatic heterocycles. The van der Waals surface area contributed by atoms with Crippen molar-refractivity contribution in [2.24, 2.45) is 5.92 Å². The molecule has 0 heterocycles. The first kappa shape index (κ1) is 21.0. The Labute approximate surface area is 161 Å². The number of carbonyl (C=O) groups is 1. The van der Waals surface area contributed by atoms with Crippen molar-refractivity contribution in [2.75, 3.05) is 7.11 Å². The third kappa shape index (κ3) is 5.57. The number of nitriles is 1. The van der Waals surface area contributed by atoms with Crippen molar-refractivity contribution in [3.05, 3.63) is 28.3 Å². The lowest BCUT2D eigenvalue weighted by molar-refractivity contribution is -0.118. The van der Waals surface area contributed by atoms with E-state index < -0.39 is 12.5 Å². The van der Waals surface area contributed by atoms with Crippen LogP contribution in [0, 0.1) is 17.2 Å². The fraction of sp³-hybridized carbons (Fsp3) is 0.474. The molecule has 1 N–H and O–H groups in total. The molecule has 0 aliphatic heterocycles. The minimum atomic E-state index is -3.06. The first-order valence-corrected chi connectivity index (χ1v) is 8.98. The number of hydrogen-bond donors (Lipinski definition) is 1. The second kappa shape index (κ2) is 9.56. The summed E-state index contributed by atoms with van der Waals surface area (Å²) in [5.74, 6) is -0.444. The second-order valence-corrected chi connectivity index (χ2v) is 6.83. The molecule has 0 saturated heterocycles. The lowest BCUT2D eigenvalue weighted by Gasteiger charge is -2.29. The molecule has 2 atom stereocenters. The van der Waals surface area contributed by atoms with Crippen LogP contribution < -0.4 is 14.8 Å². The van der Waals surface area contributed by atoms with Gasteiger partial charge < -0.3 is 14.8 Å². The normalized spacial score (nSPS) is 20.1. The lowest BCUT2D eigenvalue weighted by atomic mass is 9.86. The summed E-state index contributed by atoms with van der Waals surface area (Å²) in [5.41, 5.74) is 0.260. The first-order chi connectivity index (χ1) is 12.8. The standard InChI is InChI=1S/C19H21ClF2N2O3/c1-11-5-3-4-6-15(11)24-18(25)13(10-23)7-12-8-14(20)17(27-19(21)22)16(9-12)26-2/h7-9,11,15,19H,3-6H2,1-2H3,(H,24,25)/b13-7+/t11-,15+/m0/s1. The summed E-state index contributed by atoms with van der Waals surface area (Å²) in [6, 6.07) is 4.60. The van der Waals surface area contributed by atoms with Gasteiger partial charge in [-0.15, -0.1) is 0 Å². The number of alkyl halides is 2. The second-order valence-electron chi connectivity index (χ2n) is 6.42. The average molecular weight is 399 g/mol. The summed E-state index contributed by atoms with van der Waals surface area (Å²) >= 11 is 5.99. The Morgan fingerprint density at radius 3 is 2.70 bits per heavy atom. The topological polar surface area (TPSA) is 71.3 Å². The molecule has 1 amide bonds. The van der Waals surface area contributed by atoms with Crippen LogP contribution in [-0.2, 0) is 4.79 Å². The van der Waals surface area contributed by atoms with E-state index in [2.05, 4.69) is 17.0 Å². The third-order valence-corrected chi connectivity index (χ3v) is 4.84. The van der Waals surface area contributed by atoms with Crippen LogP contribution in [0.25, 0.3) is 6.08 Å². The van der Waals surface area contributed by atoms with E-state index in [9.17, 15) is 18.8 Å². The number of amides is 1. The summed E-state index contributed by atoms with van der Waals surface area (Å²) in [5, 5.41) is 12.1. The lowest BCUT2D eigenvalue weighted by Crippen LogP contribution is -2.41. The minimum Gasteiger partial charge on any atom is -0.493 e. The Hall–Kier alpha value is -2.33. The van der Waals surface area contributed by atoms with E-state index >= 15 is 0 Å². The zero-order chi connectivity index (χ0) is 20.0. The molecule has 2 rings (SSSR count). The van der Waals surface area contributed by atoms with Crippen LogP contribution in [0.1, 0.15) is 38.2 Å². The highest BCUT2D eigenvalue weighted by Crippen LogP contribution is 2.38. The van der Waals surface area contributed by atoms with Gasteiger partial charge in [0.1, 0.15) is 11.6 Å². The number of carbonyl (C=O) groups excluding carboxylic acids is 1. The van der Waals surface area contributed by atoms with Gasteiger partial charge in [-0.25, -0.2) is 0 Å². The molecular formula is C19H21ClF2N2O3. The van der Waals surface area contributed by atoms with Gasteiger partial charge in [-0.2, -0.15) is 14.0 Å². The Balaban J connectivity index is 2.24. The molecule has 1 aliphatic carbocycles. The van der Waals surface area contributed by atoms with Gasteiger partial charge >= 0.3 is 6.61 Å². The van der Waals surface area contributed by atoms with E-state index in [1.54, 1.807) is 0 Å². The monoisotopic (exact) mass is 398 g/mol. The van der Waals surface area contributed by atoms with Crippen molar-refractivity contribution in [1.29, 1.82) is 5.26 Å². The smallest absolute Gasteiger partial charge is 0.387 e. The predicted molar refractivity (Wildman–Crippen MR) is 97.8 cm³/mol. The van der Waals surface area contributed by atoms with Gasteiger partial charge in [0.25, 0.3) is 5.91 Å². The van der Waals surface area contributed by atoms with E-state index in [0.29, 0.717) is 11.5 Å². The number of benzene rings is 1. The highest BCUT2D eigenvalue weighted by atomic mass is 35.5. The molecule has 0 unspecified atom stereocenters. The van der Waals surface area contributed by atoms with Gasteiger partial charge in [0.15, 0.2) is 11.5 Å². The minimum absolute atomic E-state index is 0.0207. The van der Waals surface area contributed by atoms with E-state index in [-0.39, 0.29) is 28.1 Å². The number of hydrogen-bond acceptors (Lipinski definition) is 4. The maximum absolute atomic E-state index is 12.5. The number of nitrogens with one attached hydrogen (secondary N) is 1. The summed E-state index contributed by atoms with van der Waals surface area (Å²) in [6.07, 6.45) is 5.43. The number of halogens is 3. The Morgan fingerprint density at radius 1 is 1.41 bits per heavy atom. The van der Waals surface area contributed by atoms with Crippen molar-refractivity contribution in [3.8, 4) is 17.6 Å². The van der Waals surface area contributed by atoms with Gasteiger partial charge in [-0.3, -0.25) is 4.79 Å². The number of rotatable bonds is 6. The molecule has 1 fully saturated rings. The fourth-order valence-corrected chi connectivity index (χ4v) is 3.38. The summed E-state index contributed by atoms with van der Waals surface area (Å²) in [4.78, 5) is 12.5. The van der Waals surface area contributed by atoms with Crippen LogP contribution in [0.2, 0.25) is 5.02 Å². The zero-order valence-electron chi connectivity index (χ0n) is 15.1. The molecule has 8 heteroatoms. The van der Waals surface area contributed by atoms with Gasteiger partial charge in [0.2, 0.25) is 0 Å². The zero-order valence-corrected chi connectivity index (χ0v) is 15.9. The predicted octanol–water partition coefficient (Wildman–Crippen LogP) is 4.55. The van der Waals surface area contributed by atoms with Crippen LogP contribution in [0.3, 0.4) is 0 Å². The molecular weight excluding hydrogens is 378 g/mol. The van der Waals surface area contributed by atoms with Crippen molar-refractivity contribution < 1.29 is 23.0 Å². The average Bonchev–Trinajstić information content (AvgIpc) is 2.63. The Bertz CT molecular complexity index is 762. The highest BCUT2D eigenvalue weighted by molar-refractivity contribution is 6.32. The molecule has 146 valence electrons. The van der Waals surface area contributed by atoms with Gasteiger partial charge in [0.05, 0.1) is 12.1 Å². The van der Waals surface area contributed by atoms with Gasteiger partial charge in [-0.1, -0.05) is 31.4 Å². The van der Waals surface area contributed by atoms with Crippen LogP contribution in [0.15, 0.2) is 17.7 Å². The molecule has 1 aromatic rings. The molecule has 1 aliphatic rings. The summed E-state index contributed by atoms with van der Waals surface area (Å²) in [6.45, 7) is -0.984. The fourth-order valence-electron chi connectivity index (χ4n) is 3.12. The molecule has 0 radical (unpaired) electrons. The maximum atomic E-state index is 12.5. The Kier molecular flexibility index (Phi) is 7.43. The van der Waals surface area contributed by atoms with E-state index in [1.165, 1.54) is 25.3 Å². The maximum Gasteiger partial charge on any atom is 0.387 e. The molecule has 27 heavy (non-hydrogen) atoms. The van der Waals surface area contributed by atoms with Crippen LogP contribution in [-0.4, -0.2) is 25.7 Å². The molecule has 1 saturated carbocycles. The molecule has 5 nitrogen and oxygen atoms in total. The number of nitrogens with zero attached hydrogens (tertiary/aromatic N) is 1. The summed E-state index contributed by atoms with van der Waals surface area (Å²) < 4.78 is 34.4. The van der Waals surface area contributed by atoms with E-state index in [4.69, 9.17) is 16.3 Å². The first-order valence-electron chi connectivity index (χ1n) is 8.60. The Morgan fingerprint density at radius 2 is 2.11 bits per heavy atom. The van der Waals surface area contributed by atoms with Gasteiger partial charge in [0, 0.05) is 6.04 Å². The SMILES string of the molecule is COc1cc(/C=C(\C#N)C(=O)N[C@@H]2CCCC[C@@H]2C)cc(Cl)c1OC(F)F.